The van der Waals surface area contributed by atoms with Gasteiger partial charge in [0.15, 0.2) is 0 Å². The average molecular weight is 419 g/mol. The molecule has 1 aromatic heterocycles. The number of carbonyl (C=O) groups excluding carboxylic acids is 2. The van der Waals surface area contributed by atoms with Gasteiger partial charge < -0.3 is 25.3 Å². The molecule has 1 aliphatic heterocycles. The molecule has 2 aromatic rings. The van der Waals surface area contributed by atoms with Crippen LogP contribution in [0.1, 0.15) is 34.2 Å². The molecule has 0 fully saturated rings. The number of ether oxygens (including phenoxy) is 1. The van der Waals surface area contributed by atoms with Gasteiger partial charge in [0.1, 0.15) is 11.8 Å². The third kappa shape index (κ3) is 4.61. The van der Waals surface area contributed by atoms with Crippen molar-refractivity contribution in [2.24, 2.45) is 5.73 Å². The summed E-state index contributed by atoms with van der Waals surface area (Å²) in [5.74, 6) is 0.0290. The van der Waals surface area contributed by atoms with Crippen molar-refractivity contribution in [1.29, 1.82) is 5.26 Å². The number of nitriles is 1. The number of amides is 3. The molecule has 1 aromatic carbocycles. The van der Waals surface area contributed by atoms with E-state index in [1.807, 2.05) is 35.8 Å². The van der Waals surface area contributed by atoms with E-state index in [1.54, 1.807) is 36.3 Å². The Hall–Kier alpha value is -3.99. The second-order valence-corrected chi connectivity index (χ2v) is 7.01. The molecule has 31 heavy (non-hydrogen) atoms. The fraction of sp³-hybridized carbons (Fsp3) is 0.261. The molecule has 0 atom stereocenters. The lowest BCUT2D eigenvalue weighted by Crippen LogP contribution is -2.41. The Bertz CT molecular complexity index is 1070. The van der Waals surface area contributed by atoms with Crippen molar-refractivity contribution in [2.75, 3.05) is 19.0 Å². The van der Waals surface area contributed by atoms with E-state index in [9.17, 15) is 14.9 Å². The monoisotopic (exact) mass is 419 g/mol. The molecule has 0 spiro atoms. The molecule has 0 saturated heterocycles. The van der Waals surface area contributed by atoms with E-state index in [0.29, 0.717) is 36.6 Å². The molecule has 0 bridgehead atoms. The summed E-state index contributed by atoms with van der Waals surface area (Å²) in [7, 11) is 1.58. The van der Waals surface area contributed by atoms with Gasteiger partial charge in [-0.25, -0.2) is 4.79 Å². The highest BCUT2D eigenvalue weighted by Gasteiger charge is 2.31. The number of primary amides is 1. The van der Waals surface area contributed by atoms with Gasteiger partial charge in [-0.3, -0.25) is 4.79 Å². The number of aromatic nitrogens is 1. The Morgan fingerprint density at radius 2 is 2.00 bits per heavy atom. The molecular formula is C23H25N5O3. The number of hydrogen-bond donors (Lipinski definition) is 2. The second-order valence-electron chi connectivity index (χ2n) is 7.01. The summed E-state index contributed by atoms with van der Waals surface area (Å²) in [6.45, 7) is 3.02. The van der Waals surface area contributed by atoms with Crippen LogP contribution in [0.25, 0.3) is 0 Å². The zero-order valence-electron chi connectivity index (χ0n) is 17.6. The van der Waals surface area contributed by atoms with E-state index in [0.717, 1.165) is 5.69 Å². The minimum absolute atomic E-state index is 0.188. The number of urea groups is 1. The molecule has 3 rings (SSSR count). The third-order valence-corrected chi connectivity index (χ3v) is 5.15. The average Bonchev–Trinajstić information content (AvgIpc) is 3.10. The topological polar surface area (TPSA) is 113 Å². The number of carbonyl (C=O) groups is 2. The van der Waals surface area contributed by atoms with Crippen LogP contribution in [0.3, 0.4) is 0 Å². The number of nitrogens with zero attached hydrogens (tertiary/aromatic N) is 3. The quantitative estimate of drug-likeness (QED) is 0.700. The number of rotatable bonds is 6. The van der Waals surface area contributed by atoms with Crippen LogP contribution in [-0.2, 0) is 19.5 Å². The predicted molar refractivity (Wildman–Crippen MR) is 118 cm³/mol. The molecule has 3 amide bonds. The Morgan fingerprint density at radius 3 is 2.61 bits per heavy atom. The van der Waals surface area contributed by atoms with Crippen LogP contribution in [0.15, 0.2) is 48.6 Å². The molecule has 0 saturated carbocycles. The maximum absolute atomic E-state index is 12.8. The Kier molecular flexibility index (Phi) is 6.78. The SMILES string of the molecule is C/C=C\C=C/Cc1c(C#N)c(C(N)=O)c2n1CCN(C(=O)Nc1ccc(OC)cc1)C2. The van der Waals surface area contributed by atoms with Gasteiger partial charge in [0.05, 0.1) is 30.5 Å². The zero-order chi connectivity index (χ0) is 22.4. The van der Waals surface area contributed by atoms with Crippen LogP contribution in [0.2, 0.25) is 0 Å². The molecule has 3 N–H and O–H groups in total. The smallest absolute Gasteiger partial charge is 0.322 e. The largest absolute Gasteiger partial charge is 0.497 e. The van der Waals surface area contributed by atoms with Crippen molar-refractivity contribution < 1.29 is 14.3 Å². The van der Waals surface area contributed by atoms with E-state index in [2.05, 4.69) is 11.4 Å². The molecule has 0 aliphatic carbocycles. The molecule has 1 aliphatic rings. The van der Waals surface area contributed by atoms with E-state index in [4.69, 9.17) is 10.5 Å². The number of benzene rings is 1. The van der Waals surface area contributed by atoms with Crippen LogP contribution in [0.4, 0.5) is 10.5 Å². The number of allylic oxidation sites excluding steroid dienone is 4. The standard InChI is InChI=1S/C23H25N5O3/c1-3-4-5-6-7-19-18(14-24)21(22(25)29)20-15-27(12-13-28(19)20)23(30)26-16-8-10-17(31-2)11-9-16/h3-6,8-11H,7,12-13,15H2,1-2H3,(H2,25,29)(H,26,30)/b4-3-,6-5-. The van der Waals surface area contributed by atoms with Crippen molar-refractivity contribution in [3.8, 4) is 11.8 Å². The summed E-state index contributed by atoms with van der Waals surface area (Å²) in [6, 6.07) is 8.86. The Balaban J connectivity index is 1.86. The fourth-order valence-electron chi connectivity index (χ4n) is 3.65. The van der Waals surface area contributed by atoms with Crippen molar-refractivity contribution in [1.82, 2.24) is 9.47 Å². The highest BCUT2D eigenvalue weighted by Crippen LogP contribution is 2.28. The van der Waals surface area contributed by atoms with E-state index < -0.39 is 5.91 Å². The Labute approximate surface area is 181 Å². The molecule has 160 valence electrons. The second kappa shape index (κ2) is 9.67. The van der Waals surface area contributed by atoms with Crippen molar-refractivity contribution in [3.05, 3.63) is 71.1 Å². The highest BCUT2D eigenvalue weighted by atomic mass is 16.5. The van der Waals surface area contributed by atoms with Gasteiger partial charge in [-0.1, -0.05) is 24.3 Å². The lowest BCUT2D eigenvalue weighted by atomic mass is 10.1. The first-order valence-electron chi connectivity index (χ1n) is 9.92. The first kappa shape index (κ1) is 21.7. The summed E-state index contributed by atoms with van der Waals surface area (Å²) < 4.78 is 7.07. The number of methoxy groups -OCH3 is 1. The Morgan fingerprint density at radius 1 is 1.26 bits per heavy atom. The lowest BCUT2D eigenvalue weighted by molar-refractivity contribution is 0.0997. The summed E-state index contributed by atoms with van der Waals surface area (Å²) in [4.78, 5) is 26.6. The van der Waals surface area contributed by atoms with Crippen molar-refractivity contribution >= 4 is 17.6 Å². The van der Waals surface area contributed by atoms with Crippen LogP contribution in [0.5, 0.6) is 5.75 Å². The van der Waals surface area contributed by atoms with E-state index in [-0.39, 0.29) is 23.7 Å². The summed E-state index contributed by atoms with van der Waals surface area (Å²) in [5.41, 5.74) is 8.05. The van der Waals surface area contributed by atoms with Crippen LogP contribution >= 0.6 is 0 Å². The van der Waals surface area contributed by atoms with Gasteiger partial charge in [0.25, 0.3) is 5.91 Å². The van der Waals surface area contributed by atoms with Crippen LogP contribution < -0.4 is 15.8 Å². The fourth-order valence-corrected chi connectivity index (χ4v) is 3.65. The summed E-state index contributed by atoms with van der Waals surface area (Å²) in [5, 5.41) is 12.5. The van der Waals surface area contributed by atoms with Gasteiger partial charge in [0, 0.05) is 30.9 Å². The number of fused-ring (bicyclic) bond motifs is 1. The molecule has 0 unspecified atom stereocenters. The number of hydrogen-bond acceptors (Lipinski definition) is 4. The molecular weight excluding hydrogens is 394 g/mol. The van der Waals surface area contributed by atoms with Gasteiger partial charge in [-0.15, -0.1) is 0 Å². The summed E-state index contributed by atoms with van der Waals surface area (Å²) >= 11 is 0. The van der Waals surface area contributed by atoms with Gasteiger partial charge in [-0.05, 0) is 31.2 Å². The summed E-state index contributed by atoms with van der Waals surface area (Å²) in [6.07, 6.45) is 8.11. The van der Waals surface area contributed by atoms with Gasteiger partial charge in [-0.2, -0.15) is 5.26 Å². The van der Waals surface area contributed by atoms with E-state index >= 15 is 0 Å². The van der Waals surface area contributed by atoms with Crippen LogP contribution in [0, 0.1) is 11.3 Å². The van der Waals surface area contributed by atoms with E-state index in [1.165, 1.54) is 0 Å². The predicted octanol–water partition coefficient (Wildman–Crippen LogP) is 3.19. The molecule has 8 nitrogen and oxygen atoms in total. The molecule has 0 radical (unpaired) electrons. The maximum Gasteiger partial charge on any atom is 0.322 e. The number of anilines is 1. The maximum atomic E-state index is 12.8. The molecule has 2 heterocycles. The zero-order valence-corrected chi connectivity index (χ0v) is 17.6. The lowest BCUT2D eigenvalue weighted by Gasteiger charge is -2.30. The normalized spacial score (nSPS) is 13.3. The minimum Gasteiger partial charge on any atom is -0.497 e. The van der Waals surface area contributed by atoms with Gasteiger partial charge >= 0.3 is 6.03 Å². The number of nitrogens with one attached hydrogen (secondary N) is 1. The third-order valence-electron chi connectivity index (χ3n) is 5.15. The highest BCUT2D eigenvalue weighted by molar-refractivity contribution is 5.98. The van der Waals surface area contributed by atoms with Gasteiger partial charge in [0.2, 0.25) is 0 Å². The molecule has 8 heteroatoms. The first-order valence-corrected chi connectivity index (χ1v) is 9.92. The van der Waals surface area contributed by atoms with Crippen molar-refractivity contribution in [3.63, 3.8) is 0 Å². The van der Waals surface area contributed by atoms with Crippen LogP contribution in [-0.4, -0.2) is 35.1 Å². The number of nitrogens with two attached hydrogens (primary N) is 1. The first-order chi connectivity index (χ1) is 15.0. The minimum atomic E-state index is -0.665. The van der Waals surface area contributed by atoms with Crippen molar-refractivity contribution in [2.45, 2.75) is 26.4 Å².